The average molecular weight is 281 g/mol. The van der Waals surface area contributed by atoms with Crippen LogP contribution in [-0.4, -0.2) is 24.0 Å². The molecule has 2 nitrogen and oxygen atoms in total. The first-order valence-electron chi connectivity index (χ1n) is 7.24. The molecule has 0 bridgehead atoms. The molecule has 1 aromatic carbocycles. The van der Waals surface area contributed by atoms with E-state index in [2.05, 4.69) is 36.9 Å². The van der Waals surface area contributed by atoms with Gasteiger partial charge in [0.25, 0.3) is 0 Å². The number of nitrogens with two attached hydrogens (primary N) is 1. The maximum absolute atomic E-state index is 6.38. The lowest BCUT2D eigenvalue weighted by atomic mass is 9.90. The van der Waals surface area contributed by atoms with Crippen LogP contribution in [-0.2, 0) is 0 Å². The molecule has 19 heavy (non-hydrogen) atoms. The number of nitrogens with zero attached hydrogens (tertiary/aromatic N) is 1. The molecule has 1 aliphatic heterocycles. The van der Waals surface area contributed by atoms with Gasteiger partial charge in [-0.2, -0.15) is 0 Å². The maximum atomic E-state index is 6.38. The third kappa shape index (κ3) is 3.50. The summed E-state index contributed by atoms with van der Waals surface area (Å²) in [6.45, 7) is 8.81. The predicted molar refractivity (Wildman–Crippen MR) is 82.6 cm³/mol. The quantitative estimate of drug-likeness (QED) is 0.913. The SMILES string of the molecule is Cc1ccc(C2C(N)CCCN2CC(C)C)cc1Cl. The Kier molecular flexibility index (Phi) is 4.88. The highest BCUT2D eigenvalue weighted by atomic mass is 35.5. The normalized spacial score (nSPS) is 24.9. The highest BCUT2D eigenvalue weighted by Crippen LogP contribution is 2.32. The highest BCUT2D eigenvalue weighted by Gasteiger charge is 2.30. The van der Waals surface area contributed by atoms with Crippen molar-refractivity contribution in [3.8, 4) is 0 Å². The molecule has 1 heterocycles. The summed E-state index contributed by atoms with van der Waals surface area (Å²) in [6.07, 6.45) is 2.30. The summed E-state index contributed by atoms with van der Waals surface area (Å²) < 4.78 is 0. The van der Waals surface area contributed by atoms with Crippen LogP contribution in [0.3, 0.4) is 0 Å². The Bertz CT molecular complexity index is 431. The lowest BCUT2D eigenvalue weighted by Crippen LogP contribution is -2.47. The topological polar surface area (TPSA) is 29.3 Å². The van der Waals surface area contributed by atoms with E-state index in [1.165, 1.54) is 12.0 Å². The monoisotopic (exact) mass is 280 g/mol. The first kappa shape index (κ1) is 14.8. The Balaban J connectivity index is 2.27. The second-order valence-corrected chi connectivity index (χ2v) is 6.56. The van der Waals surface area contributed by atoms with Crippen LogP contribution < -0.4 is 5.73 Å². The number of hydrogen-bond acceptors (Lipinski definition) is 2. The molecule has 106 valence electrons. The standard InChI is InChI=1S/C16H25ClN2/c1-11(2)10-19-8-4-5-15(18)16(19)13-7-6-12(3)14(17)9-13/h6-7,9,11,15-16H,4-5,8,10,18H2,1-3H3. The summed E-state index contributed by atoms with van der Waals surface area (Å²) in [6, 6.07) is 6.91. The minimum absolute atomic E-state index is 0.214. The second-order valence-electron chi connectivity index (χ2n) is 6.15. The Morgan fingerprint density at radius 1 is 1.42 bits per heavy atom. The highest BCUT2D eigenvalue weighted by molar-refractivity contribution is 6.31. The number of aryl methyl sites for hydroxylation is 1. The molecule has 0 radical (unpaired) electrons. The van der Waals surface area contributed by atoms with Crippen LogP contribution in [0.15, 0.2) is 18.2 Å². The number of piperidine rings is 1. The van der Waals surface area contributed by atoms with E-state index in [1.807, 2.05) is 6.92 Å². The fourth-order valence-corrected chi connectivity index (χ4v) is 3.21. The van der Waals surface area contributed by atoms with Crippen LogP contribution >= 0.6 is 11.6 Å². The van der Waals surface area contributed by atoms with Crippen LogP contribution in [0.1, 0.15) is 43.9 Å². The van der Waals surface area contributed by atoms with Gasteiger partial charge < -0.3 is 5.73 Å². The number of halogens is 1. The van der Waals surface area contributed by atoms with E-state index >= 15 is 0 Å². The van der Waals surface area contributed by atoms with Crippen molar-refractivity contribution in [1.29, 1.82) is 0 Å². The van der Waals surface area contributed by atoms with Crippen molar-refractivity contribution in [2.75, 3.05) is 13.1 Å². The Morgan fingerprint density at radius 2 is 2.16 bits per heavy atom. The fourth-order valence-electron chi connectivity index (χ4n) is 3.02. The van der Waals surface area contributed by atoms with Crippen LogP contribution in [0.4, 0.5) is 0 Å². The molecule has 3 heteroatoms. The van der Waals surface area contributed by atoms with Gasteiger partial charge >= 0.3 is 0 Å². The summed E-state index contributed by atoms with van der Waals surface area (Å²) in [5.74, 6) is 0.661. The lowest BCUT2D eigenvalue weighted by molar-refractivity contribution is 0.114. The van der Waals surface area contributed by atoms with E-state index in [1.54, 1.807) is 0 Å². The van der Waals surface area contributed by atoms with Crippen LogP contribution in [0.5, 0.6) is 0 Å². The van der Waals surface area contributed by atoms with Crippen molar-refractivity contribution in [1.82, 2.24) is 4.90 Å². The largest absolute Gasteiger partial charge is 0.326 e. The van der Waals surface area contributed by atoms with Crippen molar-refractivity contribution in [3.05, 3.63) is 34.3 Å². The van der Waals surface area contributed by atoms with E-state index < -0.39 is 0 Å². The van der Waals surface area contributed by atoms with E-state index in [9.17, 15) is 0 Å². The third-order valence-corrected chi connectivity index (χ3v) is 4.33. The fraction of sp³-hybridized carbons (Fsp3) is 0.625. The number of hydrogen-bond donors (Lipinski definition) is 1. The molecule has 1 saturated heterocycles. The number of benzene rings is 1. The molecular weight excluding hydrogens is 256 g/mol. The van der Waals surface area contributed by atoms with E-state index in [4.69, 9.17) is 17.3 Å². The van der Waals surface area contributed by atoms with Gasteiger partial charge in [0.15, 0.2) is 0 Å². The van der Waals surface area contributed by atoms with Gasteiger partial charge in [-0.15, -0.1) is 0 Å². The zero-order chi connectivity index (χ0) is 14.0. The molecule has 0 spiro atoms. The van der Waals surface area contributed by atoms with Crippen LogP contribution in [0.2, 0.25) is 5.02 Å². The summed E-state index contributed by atoms with van der Waals surface area (Å²) >= 11 is 6.27. The van der Waals surface area contributed by atoms with Gasteiger partial charge in [-0.1, -0.05) is 37.6 Å². The molecule has 1 aromatic rings. The first-order valence-corrected chi connectivity index (χ1v) is 7.62. The summed E-state index contributed by atoms with van der Waals surface area (Å²) in [5, 5.41) is 0.847. The van der Waals surface area contributed by atoms with Crippen LogP contribution in [0, 0.1) is 12.8 Å². The van der Waals surface area contributed by atoms with Gasteiger partial charge in [0.05, 0.1) is 0 Å². The predicted octanol–water partition coefficient (Wildman–Crippen LogP) is 3.77. The van der Waals surface area contributed by atoms with Gasteiger partial charge in [-0.05, 0) is 49.4 Å². The molecular formula is C16H25ClN2. The molecule has 0 aromatic heterocycles. The van der Waals surface area contributed by atoms with Crippen molar-refractivity contribution in [2.24, 2.45) is 11.7 Å². The third-order valence-electron chi connectivity index (χ3n) is 3.92. The number of rotatable bonds is 3. The van der Waals surface area contributed by atoms with Crippen molar-refractivity contribution < 1.29 is 0 Å². The lowest BCUT2D eigenvalue weighted by Gasteiger charge is -2.41. The zero-order valence-electron chi connectivity index (χ0n) is 12.2. The van der Waals surface area contributed by atoms with Gasteiger partial charge in [0.2, 0.25) is 0 Å². The van der Waals surface area contributed by atoms with E-state index in [0.717, 1.165) is 30.1 Å². The van der Waals surface area contributed by atoms with Gasteiger partial charge in [-0.25, -0.2) is 0 Å². The summed E-state index contributed by atoms with van der Waals surface area (Å²) in [7, 11) is 0. The second kappa shape index (κ2) is 6.25. The molecule has 0 saturated carbocycles. The van der Waals surface area contributed by atoms with E-state index in [-0.39, 0.29) is 6.04 Å². The van der Waals surface area contributed by atoms with Gasteiger partial charge in [0, 0.05) is 23.7 Å². The van der Waals surface area contributed by atoms with Crippen molar-refractivity contribution in [3.63, 3.8) is 0 Å². The smallest absolute Gasteiger partial charge is 0.0499 e. The van der Waals surface area contributed by atoms with Gasteiger partial charge in [0.1, 0.15) is 0 Å². The average Bonchev–Trinajstić information content (AvgIpc) is 2.32. The number of likely N-dealkylation sites (tertiary alicyclic amines) is 1. The molecule has 2 unspecified atom stereocenters. The summed E-state index contributed by atoms with van der Waals surface area (Å²) in [5.41, 5.74) is 8.78. The maximum Gasteiger partial charge on any atom is 0.0499 e. The van der Waals surface area contributed by atoms with E-state index in [0.29, 0.717) is 12.0 Å². The molecule has 2 N–H and O–H groups in total. The minimum Gasteiger partial charge on any atom is -0.326 e. The Hall–Kier alpha value is -0.570. The first-order chi connectivity index (χ1) is 8.99. The molecule has 1 aliphatic rings. The van der Waals surface area contributed by atoms with Gasteiger partial charge in [-0.3, -0.25) is 4.90 Å². The molecule has 1 fully saturated rings. The molecule has 0 amide bonds. The molecule has 2 atom stereocenters. The van der Waals surface area contributed by atoms with Crippen LogP contribution in [0.25, 0.3) is 0 Å². The zero-order valence-corrected chi connectivity index (χ0v) is 13.0. The van der Waals surface area contributed by atoms with Crippen molar-refractivity contribution >= 4 is 11.6 Å². The Morgan fingerprint density at radius 3 is 2.79 bits per heavy atom. The Labute approximate surface area is 121 Å². The van der Waals surface area contributed by atoms with Crippen molar-refractivity contribution in [2.45, 2.75) is 45.7 Å². The minimum atomic E-state index is 0.214. The summed E-state index contributed by atoms with van der Waals surface area (Å²) in [4.78, 5) is 2.53. The molecule has 0 aliphatic carbocycles. The molecule has 2 rings (SSSR count).